The van der Waals surface area contributed by atoms with Gasteiger partial charge in [0, 0.05) is 34.0 Å². The molecule has 6 nitrogen and oxygen atoms in total. The lowest BCUT2D eigenvalue weighted by Crippen LogP contribution is -2.33. The number of carbonyl (C=O) groups is 1. The molecule has 2 aromatic rings. The number of ether oxygens (including phenoxy) is 3. The number of Topliss-reactive ketones (excluding diaryl/α,β-unsaturated/α-hetero) is 1. The molecule has 4 rings (SSSR count). The zero-order valence-corrected chi connectivity index (χ0v) is 23.2. The van der Waals surface area contributed by atoms with E-state index in [4.69, 9.17) is 43.1 Å². The summed E-state index contributed by atoms with van der Waals surface area (Å²) in [5.41, 5.74) is 7.86. The Morgan fingerprint density at radius 3 is 2.56 bits per heavy atom. The summed E-state index contributed by atoms with van der Waals surface area (Å²) in [6.07, 6.45) is 0.896. The fraction of sp³-hybridized carbons (Fsp3) is 0.333. The summed E-state index contributed by atoms with van der Waals surface area (Å²) in [4.78, 5) is 13.3. The van der Waals surface area contributed by atoms with Crippen molar-refractivity contribution >= 4 is 44.9 Å². The van der Waals surface area contributed by atoms with Gasteiger partial charge in [0.2, 0.25) is 5.88 Å². The summed E-state index contributed by atoms with van der Waals surface area (Å²) in [5, 5.41) is 10.9. The molecule has 0 bridgehead atoms. The van der Waals surface area contributed by atoms with E-state index in [1.165, 1.54) is 0 Å². The maximum Gasteiger partial charge on any atom is 0.205 e. The molecule has 0 saturated heterocycles. The Kier molecular flexibility index (Phi) is 7.61. The second-order valence-corrected chi connectivity index (χ2v) is 11.1. The number of nitrogens with zero attached hydrogens (tertiary/aromatic N) is 1. The molecule has 1 heterocycles. The van der Waals surface area contributed by atoms with Crippen LogP contribution in [0.25, 0.3) is 0 Å². The normalized spacial score (nSPS) is 18.9. The quantitative estimate of drug-likeness (QED) is 0.382. The van der Waals surface area contributed by atoms with Crippen LogP contribution in [0.2, 0.25) is 10.0 Å². The maximum atomic E-state index is 13.3. The Morgan fingerprint density at radius 2 is 1.92 bits per heavy atom. The summed E-state index contributed by atoms with van der Waals surface area (Å²) in [5.74, 6) is 0.678. The first kappa shape index (κ1) is 26.4. The molecule has 1 aliphatic carbocycles. The van der Waals surface area contributed by atoms with Crippen molar-refractivity contribution in [2.75, 3.05) is 6.61 Å². The molecule has 2 N–H and O–H groups in total. The summed E-state index contributed by atoms with van der Waals surface area (Å²) in [6.45, 7) is 6.36. The van der Waals surface area contributed by atoms with E-state index in [9.17, 15) is 10.1 Å². The number of nitriles is 1. The third kappa shape index (κ3) is 5.08. The summed E-state index contributed by atoms with van der Waals surface area (Å²) in [6, 6.07) is 11.0. The average molecular weight is 592 g/mol. The average Bonchev–Trinajstić information content (AvgIpc) is 2.78. The molecule has 0 saturated carbocycles. The predicted molar refractivity (Wildman–Crippen MR) is 142 cm³/mol. The third-order valence-electron chi connectivity index (χ3n) is 6.16. The smallest absolute Gasteiger partial charge is 0.205 e. The topological polar surface area (TPSA) is 94.6 Å². The maximum absolute atomic E-state index is 13.3. The largest absolute Gasteiger partial charge is 0.490 e. The number of allylic oxidation sites excluding steroid dienone is 3. The fourth-order valence-electron chi connectivity index (χ4n) is 4.59. The molecule has 0 spiro atoms. The van der Waals surface area contributed by atoms with Gasteiger partial charge in [0.05, 0.1) is 17.0 Å². The van der Waals surface area contributed by atoms with E-state index in [2.05, 4.69) is 22.0 Å². The van der Waals surface area contributed by atoms with Crippen LogP contribution in [0.15, 0.2) is 57.6 Å². The van der Waals surface area contributed by atoms with E-state index < -0.39 is 5.92 Å². The molecule has 0 fully saturated rings. The van der Waals surface area contributed by atoms with Crippen molar-refractivity contribution in [1.29, 1.82) is 5.26 Å². The van der Waals surface area contributed by atoms with Crippen molar-refractivity contribution in [2.24, 2.45) is 11.1 Å². The van der Waals surface area contributed by atoms with E-state index >= 15 is 0 Å². The van der Waals surface area contributed by atoms with Crippen LogP contribution in [-0.2, 0) is 16.1 Å². The minimum atomic E-state index is -0.676. The molecule has 1 unspecified atom stereocenters. The highest BCUT2D eigenvalue weighted by Gasteiger charge is 2.43. The summed E-state index contributed by atoms with van der Waals surface area (Å²) >= 11 is 16.2. The second kappa shape index (κ2) is 10.4. The number of carbonyl (C=O) groups excluding carboxylic acids is 1. The summed E-state index contributed by atoms with van der Waals surface area (Å²) in [7, 11) is 0. The minimum absolute atomic E-state index is 0.00882. The monoisotopic (exact) mass is 590 g/mol. The molecule has 36 heavy (non-hydrogen) atoms. The van der Waals surface area contributed by atoms with Gasteiger partial charge in [0.25, 0.3) is 0 Å². The summed E-state index contributed by atoms with van der Waals surface area (Å²) < 4.78 is 18.4. The van der Waals surface area contributed by atoms with E-state index in [-0.39, 0.29) is 29.3 Å². The van der Waals surface area contributed by atoms with Crippen LogP contribution in [0.5, 0.6) is 11.5 Å². The van der Waals surface area contributed by atoms with Gasteiger partial charge in [0.1, 0.15) is 24.0 Å². The van der Waals surface area contributed by atoms with E-state index in [1.807, 2.05) is 26.8 Å². The van der Waals surface area contributed by atoms with Gasteiger partial charge in [-0.25, -0.2) is 0 Å². The number of nitrogens with two attached hydrogens (primary N) is 1. The Hall–Kier alpha value is -2.66. The SMILES string of the molecule is CCOc1cc(C2C(C#N)=C(N)OC3=C2C(=O)CC(C)(C)C3)cc(Br)c1OCc1c(Cl)cccc1Cl. The van der Waals surface area contributed by atoms with Crippen molar-refractivity contribution in [1.82, 2.24) is 0 Å². The van der Waals surface area contributed by atoms with Crippen LogP contribution in [0, 0.1) is 16.7 Å². The Balaban J connectivity index is 1.79. The zero-order valence-electron chi connectivity index (χ0n) is 20.1. The highest BCUT2D eigenvalue weighted by atomic mass is 79.9. The number of halogens is 3. The lowest BCUT2D eigenvalue weighted by Gasteiger charge is -2.37. The first-order valence-electron chi connectivity index (χ1n) is 11.4. The zero-order chi connectivity index (χ0) is 26.2. The van der Waals surface area contributed by atoms with Crippen molar-refractivity contribution in [3.63, 3.8) is 0 Å². The van der Waals surface area contributed by atoms with Gasteiger partial charge in [-0.1, -0.05) is 43.1 Å². The van der Waals surface area contributed by atoms with Crippen LogP contribution in [0.1, 0.15) is 50.7 Å². The van der Waals surface area contributed by atoms with Gasteiger partial charge in [-0.2, -0.15) is 5.26 Å². The van der Waals surface area contributed by atoms with Crippen LogP contribution in [0.3, 0.4) is 0 Å². The highest BCUT2D eigenvalue weighted by Crippen LogP contribution is 2.50. The molecule has 0 radical (unpaired) electrons. The van der Waals surface area contributed by atoms with Crippen LogP contribution in [-0.4, -0.2) is 12.4 Å². The molecule has 1 atom stereocenters. The highest BCUT2D eigenvalue weighted by molar-refractivity contribution is 9.10. The lowest BCUT2D eigenvalue weighted by atomic mass is 9.70. The Labute approximate surface area is 228 Å². The van der Waals surface area contributed by atoms with Crippen LogP contribution in [0.4, 0.5) is 0 Å². The number of hydrogen-bond donors (Lipinski definition) is 1. The van der Waals surface area contributed by atoms with Crippen molar-refractivity contribution < 1.29 is 19.0 Å². The molecular formula is C27H25BrCl2N2O4. The molecular weight excluding hydrogens is 567 g/mol. The number of benzene rings is 2. The first-order chi connectivity index (χ1) is 17.1. The second-order valence-electron chi connectivity index (χ2n) is 9.45. The van der Waals surface area contributed by atoms with E-state index in [0.717, 1.165) is 0 Å². The number of hydrogen-bond acceptors (Lipinski definition) is 6. The molecule has 0 amide bonds. The molecule has 1 aliphatic heterocycles. The number of rotatable bonds is 6. The molecule has 2 aliphatic rings. The molecule has 2 aromatic carbocycles. The van der Waals surface area contributed by atoms with Crippen molar-refractivity contribution in [2.45, 2.75) is 46.1 Å². The van der Waals surface area contributed by atoms with Crippen molar-refractivity contribution in [3.05, 3.63) is 78.8 Å². The molecule has 9 heteroatoms. The van der Waals surface area contributed by atoms with Crippen LogP contribution >= 0.6 is 39.1 Å². The Bertz CT molecular complexity index is 1320. The standard InChI is InChI=1S/C27H25BrCl2N2O4/c1-4-34-21-9-14(8-17(28)25(21)35-13-16-18(29)6-5-7-19(16)30)23-15(12-31)26(32)36-22-11-27(2,3)10-20(33)24(22)23/h5-9,23H,4,10-11,13,32H2,1-3H3. The van der Waals surface area contributed by atoms with Gasteiger partial charge in [0.15, 0.2) is 17.3 Å². The molecule has 188 valence electrons. The van der Waals surface area contributed by atoms with Gasteiger partial charge in [-0.3, -0.25) is 4.79 Å². The molecule has 0 aromatic heterocycles. The lowest BCUT2D eigenvalue weighted by molar-refractivity contribution is -0.119. The van der Waals surface area contributed by atoms with Crippen LogP contribution < -0.4 is 15.2 Å². The number of ketones is 1. The van der Waals surface area contributed by atoms with Gasteiger partial charge in [-0.15, -0.1) is 0 Å². The van der Waals surface area contributed by atoms with E-state index in [0.29, 0.717) is 67.9 Å². The van der Waals surface area contributed by atoms with Gasteiger partial charge < -0.3 is 19.9 Å². The van der Waals surface area contributed by atoms with E-state index in [1.54, 1.807) is 24.3 Å². The fourth-order valence-corrected chi connectivity index (χ4v) is 5.67. The van der Waals surface area contributed by atoms with Gasteiger partial charge in [-0.05, 0) is 58.1 Å². The van der Waals surface area contributed by atoms with Gasteiger partial charge >= 0.3 is 0 Å². The minimum Gasteiger partial charge on any atom is -0.490 e. The predicted octanol–water partition coefficient (Wildman–Crippen LogP) is 7.18. The Morgan fingerprint density at radius 1 is 1.22 bits per heavy atom. The third-order valence-corrected chi connectivity index (χ3v) is 7.46. The first-order valence-corrected chi connectivity index (χ1v) is 13.0. The van der Waals surface area contributed by atoms with Crippen molar-refractivity contribution in [3.8, 4) is 17.6 Å².